The molecule has 3 aromatic rings. The van der Waals surface area contributed by atoms with Crippen molar-refractivity contribution in [1.29, 1.82) is 0 Å². The molecule has 24 heavy (non-hydrogen) atoms. The Morgan fingerprint density at radius 2 is 1.62 bits per heavy atom. The lowest BCUT2D eigenvalue weighted by Gasteiger charge is -2.09. The molecule has 0 fully saturated rings. The van der Waals surface area contributed by atoms with Crippen LogP contribution in [0.15, 0.2) is 59.1 Å². The van der Waals surface area contributed by atoms with Crippen LogP contribution in [0.1, 0.15) is 16.1 Å². The number of carbonyl (C=O) groups is 1. The molecule has 0 unspecified atom stereocenters. The van der Waals surface area contributed by atoms with E-state index in [1.807, 2.05) is 0 Å². The summed E-state index contributed by atoms with van der Waals surface area (Å²) in [7, 11) is 0. The van der Waals surface area contributed by atoms with Gasteiger partial charge in [0.1, 0.15) is 0 Å². The fourth-order valence-electron chi connectivity index (χ4n) is 2.21. The monoisotopic (exact) mass is 333 g/mol. The van der Waals surface area contributed by atoms with Gasteiger partial charge in [-0.3, -0.25) is 0 Å². The van der Waals surface area contributed by atoms with Gasteiger partial charge in [0.15, 0.2) is 11.5 Å². The zero-order valence-electron chi connectivity index (χ0n) is 12.0. The van der Waals surface area contributed by atoms with Gasteiger partial charge in [-0.2, -0.15) is 13.2 Å². The second-order valence-corrected chi connectivity index (χ2v) is 5.04. The van der Waals surface area contributed by atoms with Crippen LogP contribution in [0.25, 0.3) is 22.5 Å². The van der Waals surface area contributed by atoms with Gasteiger partial charge in [0.2, 0.25) is 0 Å². The van der Waals surface area contributed by atoms with Crippen LogP contribution in [0.2, 0.25) is 0 Å². The van der Waals surface area contributed by atoms with E-state index in [0.717, 1.165) is 12.1 Å². The molecule has 3 rings (SSSR count). The van der Waals surface area contributed by atoms with Crippen molar-refractivity contribution in [2.75, 3.05) is 0 Å². The van der Waals surface area contributed by atoms with Crippen molar-refractivity contribution in [1.82, 2.24) is 5.16 Å². The van der Waals surface area contributed by atoms with Crippen molar-refractivity contribution in [2.24, 2.45) is 0 Å². The third-order valence-corrected chi connectivity index (χ3v) is 3.42. The Kier molecular flexibility index (Phi) is 3.84. The summed E-state index contributed by atoms with van der Waals surface area (Å²) in [6.45, 7) is 0. The van der Waals surface area contributed by atoms with Crippen LogP contribution in [0, 0.1) is 0 Å². The average Bonchev–Trinajstić information content (AvgIpc) is 3.05. The third-order valence-electron chi connectivity index (χ3n) is 3.42. The second kappa shape index (κ2) is 5.84. The Labute approximate surface area is 134 Å². The number of hydrogen-bond acceptors (Lipinski definition) is 3. The molecule has 1 aromatic heterocycles. The molecule has 0 amide bonds. The third kappa shape index (κ3) is 3.15. The molecule has 4 nitrogen and oxygen atoms in total. The van der Waals surface area contributed by atoms with Crippen molar-refractivity contribution in [3.63, 3.8) is 0 Å². The highest BCUT2D eigenvalue weighted by Gasteiger charge is 2.30. The molecule has 122 valence electrons. The van der Waals surface area contributed by atoms with Gasteiger partial charge >= 0.3 is 12.1 Å². The average molecular weight is 333 g/mol. The number of carboxylic acid groups (broad SMARTS) is 1. The molecule has 0 spiro atoms. The van der Waals surface area contributed by atoms with E-state index in [0.29, 0.717) is 16.7 Å². The van der Waals surface area contributed by atoms with Crippen LogP contribution in [-0.4, -0.2) is 16.2 Å². The number of nitrogens with zero attached hydrogens (tertiary/aromatic N) is 1. The minimum absolute atomic E-state index is 0.216. The summed E-state index contributed by atoms with van der Waals surface area (Å²) in [4.78, 5) is 10.8. The molecule has 0 aliphatic carbocycles. The van der Waals surface area contributed by atoms with E-state index in [9.17, 15) is 18.0 Å². The Morgan fingerprint density at radius 1 is 0.958 bits per heavy atom. The summed E-state index contributed by atoms with van der Waals surface area (Å²) in [5.41, 5.74) is 0.672. The summed E-state index contributed by atoms with van der Waals surface area (Å²) >= 11 is 0. The maximum Gasteiger partial charge on any atom is 0.416 e. The van der Waals surface area contributed by atoms with Gasteiger partial charge in [0.25, 0.3) is 0 Å². The van der Waals surface area contributed by atoms with E-state index in [-0.39, 0.29) is 11.5 Å². The normalized spacial score (nSPS) is 11.5. The van der Waals surface area contributed by atoms with Crippen molar-refractivity contribution in [3.05, 3.63) is 65.9 Å². The van der Waals surface area contributed by atoms with Crippen molar-refractivity contribution in [3.8, 4) is 22.5 Å². The first-order valence-corrected chi connectivity index (χ1v) is 6.83. The van der Waals surface area contributed by atoms with E-state index >= 15 is 0 Å². The number of carboxylic acids is 1. The summed E-state index contributed by atoms with van der Waals surface area (Å²) in [5, 5.41) is 12.2. The Hall–Kier alpha value is -3.09. The summed E-state index contributed by atoms with van der Waals surface area (Å²) < 4.78 is 43.2. The van der Waals surface area contributed by atoms with Gasteiger partial charge in [0.05, 0.1) is 5.56 Å². The number of benzene rings is 2. The lowest BCUT2D eigenvalue weighted by atomic mass is 10.0. The van der Waals surface area contributed by atoms with E-state index in [1.165, 1.54) is 12.1 Å². The van der Waals surface area contributed by atoms with Crippen LogP contribution >= 0.6 is 0 Å². The smallest absolute Gasteiger partial charge is 0.416 e. The van der Waals surface area contributed by atoms with Gasteiger partial charge < -0.3 is 9.63 Å². The fourth-order valence-corrected chi connectivity index (χ4v) is 2.21. The predicted octanol–water partition coefficient (Wildman–Crippen LogP) is 4.73. The topological polar surface area (TPSA) is 63.3 Å². The Balaban J connectivity index is 1.90. The van der Waals surface area contributed by atoms with Gasteiger partial charge in [0, 0.05) is 11.6 Å². The molecular weight excluding hydrogens is 323 g/mol. The zero-order valence-corrected chi connectivity index (χ0v) is 12.0. The molecule has 2 aromatic carbocycles. The minimum atomic E-state index is -4.40. The molecule has 0 aliphatic rings. The van der Waals surface area contributed by atoms with Gasteiger partial charge in [-0.05, 0) is 23.3 Å². The van der Waals surface area contributed by atoms with Crippen molar-refractivity contribution < 1.29 is 27.6 Å². The lowest BCUT2D eigenvalue weighted by Crippen LogP contribution is -2.04. The SMILES string of the molecule is O=C(O)c1cc(-c2ccc(-c3cccc(C(F)(F)F)c3)cc2)on1. The second-order valence-electron chi connectivity index (χ2n) is 5.04. The standard InChI is InChI=1S/C17H10F3NO3/c18-17(19,20)13-3-1-2-12(8-13)10-4-6-11(7-5-10)15-9-14(16(22)23)21-24-15/h1-9H,(H,22,23). The van der Waals surface area contributed by atoms with E-state index in [2.05, 4.69) is 5.16 Å². The summed E-state index contributed by atoms with van der Waals surface area (Å²) in [6, 6.07) is 12.8. The van der Waals surface area contributed by atoms with Crippen molar-refractivity contribution >= 4 is 5.97 Å². The van der Waals surface area contributed by atoms with Gasteiger partial charge in [-0.1, -0.05) is 41.6 Å². The first kappa shape index (κ1) is 15.8. The van der Waals surface area contributed by atoms with Crippen LogP contribution in [0.4, 0.5) is 13.2 Å². The molecule has 0 aliphatic heterocycles. The molecule has 0 saturated carbocycles. The Bertz CT molecular complexity index is 883. The van der Waals surface area contributed by atoms with Crippen molar-refractivity contribution in [2.45, 2.75) is 6.18 Å². The molecule has 0 saturated heterocycles. The molecule has 0 radical (unpaired) electrons. The van der Waals surface area contributed by atoms with E-state index < -0.39 is 17.7 Å². The largest absolute Gasteiger partial charge is 0.476 e. The maximum atomic E-state index is 12.8. The maximum absolute atomic E-state index is 12.8. The highest BCUT2D eigenvalue weighted by atomic mass is 19.4. The van der Waals surface area contributed by atoms with Crippen LogP contribution in [0.5, 0.6) is 0 Å². The number of rotatable bonds is 3. The number of hydrogen-bond donors (Lipinski definition) is 1. The molecule has 0 atom stereocenters. The molecule has 7 heteroatoms. The first-order valence-electron chi connectivity index (χ1n) is 6.83. The van der Waals surface area contributed by atoms with Crippen LogP contribution in [0.3, 0.4) is 0 Å². The number of alkyl halides is 3. The van der Waals surface area contributed by atoms with Gasteiger partial charge in [-0.25, -0.2) is 4.79 Å². The highest BCUT2D eigenvalue weighted by molar-refractivity contribution is 5.86. The van der Waals surface area contributed by atoms with E-state index in [1.54, 1.807) is 30.3 Å². The summed E-state index contributed by atoms with van der Waals surface area (Å²) in [5.74, 6) is -0.937. The highest BCUT2D eigenvalue weighted by Crippen LogP contribution is 2.32. The quantitative estimate of drug-likeness (QED) is 0.753. The number of aromatic carboxylic acids is 1. The fraction of sp³-hybridized carbons (Fsp3) is 0.0588. The van der Waals surface area contributed by atoms with E-state index in [4.69, 9.17) is 9.63 Å². The Morgan fingerprint density at radius 3 is 2.21 bits per heavy atom. The minimum Gasteiger partial charge on any atom is -0.476 e. The first-order chi connectivity index (χ1) is 11.3. The number of aromatic nitrogens is 1. The zero-order chi connectivity index (χ0) is 17.3. The summed E-state index contributed by atoms with van der Waals surface area (Å²) in [6.07, 6.45) is -4.40. The molecular formula is C17H10F3NO3. The molecule has 1 N–H and O–H groups in total. The van der Waals surface area contributed by atoms with Gasteiger partial charge in [-0.15, -0.1) is 0 Å². The van der Waals surface area contributed by atoms with Crippen LogP contribution < -0.4 is 0 Å². The predicted molar refractivity (Wildman–Crippen MR) is 79.3 cm³/mol. The van der Waals surface area contributed by atoms with Crippen LogP contribution in [-0.2, 0) is 6.18 Å². The number of halogens is 3. The lowest BCUT2D eigenvalue weighted by molar-refractivity contribution is -0.137. The molecule has 1 heterocycles. The molecule has 0 bridgehead atoms.